The molecule has 1 heterocycles. The van der Waals surface area contributed by atoms with Crippen LogP contribution in [0.15, 0.2) is 53.3 Å². The minimum atomic E-state index is -0.497. The lowest BCUT2D eigenvalue weighted by Crippen LogP contribution is -2.45. The van der Waals surface area contributed by atoms with Gasteiger partial charge in [-0.15, -0.1) is 0 Å². The molecule has 0 saturated heterocycles. The average molecular weight is 508 g/mol. The Balaban J connectivity index is 1.61. The number of amides is 3. The van der Waals surface area contributed by atoms with Crippen LogP contribution in [0.2, 0.25) is 0 Å². The van der Waals surface area contributed by atoms with Crippen LogP contribution in [-0.2, 0) is 20.8 Å². The van der Waals surface area contributed by atoms with Crippen molar-refractivity contribution in [2.45, 2.75) is 85.0 Å². The number of carbonyl (C=O) groups excluding carboxylic acids is 3. The van der Waals surface area contributed by atoms with Crippen LogP contribution < -0.4 is 5.32 Å². The molecule has 202 valence electrons. The van der Waals surface area contributed by atoms with Gasteiger partial charge in [0.25, 0.3) is 5.91 Å². The smallest absolute Gasteiger partial charge is 0.251 e. The lowest BCUT2D eigenvalue weighted by atomic mass is 9.87. The Bertz CT molecular complexity index is 979. The summed E-state index contributed by atoms with van der Waals surface area (Å²) in [5.74, 6) is -0.641. The fraction of sp³-hybridized carbons (Fsp3) is 0.581. The standard InChI is InChI=1S/C31H45N3O3/c1-4-33(5-2)31(37)28-22-27(23-29(35)32-20-13-12-18-25-14-8-6-9-15-25)30(36)34(24(28)3)21-19-26-16-10-7-11-17-26/h6,8-9,14-16,27H,4-5,7,10-13,17-23H2,1-3H3,(H,32,35). The monoisotopic (exact) mass is 507 g/mol. The third-order valence-electron chi connectivity index (χ3n) is 7.75. The Labute approximate surface area is 223 Å². The van der Waals surface area contributed by atoms with Crippen LogP contribution in [-0.4, -0.2) is 53.7 Å². The van der Waals surface area contributed by atoms with Gasteiger partial charge < -0.3 is 15.1 Å². The number of nitrogens with one attached hydrogen (secondary N) is 1. The molecular weight excluding hydrogens is 462 g/mol. The van der Waals surface area contributed by atoms with Crippen LogP contribution in [0.5, 0.6) is 0 Å². The highest BCUT2D eigenvalue weighted by Gasteiger charge is 2.37. The van der Waals surface area contributed by atoms with Crippen LogP contribution in [0.1, 0.15) is 84.1 Å². The first-order valence-electron chi connectivity index (χ1n) is 14.2. The highest BCUT2D eigenvalue weighted by atomic mass is 16.2. The van der Waals surface area contributed by atoms with E-state index in [9.17, 15) is 14.4 Å². The molecule has 6 nitrogen and oxygen atoms in total. The number of hydrogen-bond donors (Lipinski definition) is 1. The van der Waals surface area contributed by atoms with Gasteiger partial charge in [0.2, 0.25) is 11.8 Å². The number of benzene rings is 1. The molecule has 0 fully saturated rings. The van der Waals surface area contributed by atoms with E-state index in [0.29, 0.717) is 38.2 Å². The maximum absolute atomic E-state index is 13.5. The molecule has 2 aliphatic rings. The number of rotatable bonds is 13. The Morgan fingerprint density at radius 2 is 1.81 bits per heavy atom. The largest absolute Gasteiger partial charge is 0.356 e. The van der Waals surface area contributed by atoms with E-state index >= 15 is 0 Å². The van der Waals surface area contributed by atoms with Crippen molar-refractivity contribution < 1.29 is 14.4 Å². The minimum absolute atomic E-state index is 0.0109. The van der Waals surface area contributed by atoms with E-state index in [1.807, 2.05) is 39.0 Å². The number of unbranched alkanes of at least 4 members (excludes halogenated alkanes) is 1. The van der Waals surface area contributed by atoms with Crippen molar-refractivity contribution in [1.29, 1.82) is 0 Å². The molecule has 0 bridgehead atoms. The van der Waals surface area contributed by atoms with Gasteiger partial charge in [0.1, 0.15) is 0 Å². The first-order valence-corrected chi connectivity index (χ1v) is 14.2. The summed E-state index contributed by atoms with van der Waals surface area (Å²) in [7, 11) is 0. The van der Waals surface area contributed by atoms with Crippen molar-refractivity contribution in [3.63, 3.8) is 0 Å². The van der Waals surface area contributed by atoms with E-state index in [-0.39, 0.29) is 24.1 Å². The lowest BCUT2D eigenvalue weighted by Gasteiger charge is -2.36. The van der Waals surface area contributed by atoms with Gasteiger partial charge in [-0.1, -0.05) is 42.0 Å². The summed E-state index contributed by atoms with van der Waals surface area (Å²) in [6, 6.07) is 10.3. The number of hydrogen-bond acceptors (Lipinski definition) is 3. The predicted octanol–water partition coefficient (Wildman–Crippen LogP) is 5.40. The first kappa shape index (κ1) is 28.7. The van der Waals surface area contributed by atoms with Crippen LogP contribution in [0, 0.1) is 5.92 Å². The summed E-state index contributed by atoms with van der Waals surface area (Å²) in [4.78, 5) is 43.3. The van der Waals surface area contributed by atoms with Crippen LogP contribution in [0.25, 0.3) is 0 Å². The first-order chi connectivity index (χ1) is 17.9. The van der Waals surface area contributed by atoms with E-state index in [1.165, 1.54) is 24.0 Å². The Morgan fingerprint density at radius 3 is 2.49 bits per heavy atom. The summed E-state index contributed by atoms with van der Waals surface area (Å²) in [6.07, 6.45) is 11.1. The summed E-state index contributed by atoms with van der Waals surface area (Å²) >= 11 is 0. The molecule has 0 aromatic heterocycles. The molecule has 3 amide bonds. The van der Waals surface area contributed by atoms with Gasteiger partial charge in [-0.3, -0.25) is 14.4 Å². The molecule has 1 aromatic rings. The van der Waals surface area contributed by atoms with E-state index in [2.05, 4.69) is 23.5 Å². The topological polar surface area (TPSA) is 69.7 Å². The molecule has 1 aromatic carbocycles. The van der Waals surface area contributed by atoms with Crippen LogP contribution in [0.3, 0.4) is 0 Å². The third kappa shape index (κ3) is 8.31. The van der Waals surface area contributed by atoms with Gasteiger partial charge in [-0.05, 0) is 84.1 Å². The molecule has 1 atom stereocenters. The number of likely N-dealkylation sites (N-methyl/N-ethyl adjacent to an activating group) is 1. The van der Waals surface area contributed by atoms with Crippen LogP contribution in [0.4, 0.5) is 0 Å². The second kappa shape index (κ2) is 14.7. The van der Waals surface area contributed by atoms with E-state index < -0.39 is 5.92 Å². The Morgan fingerprint density at radius 1 is 1.05 bits per heavy atom. The number of carbonyl (C=O) groups is 3. The second-order valence-corrected chi connectivity index (χ2v) is 10.3. The van der Waals surface area contributed by atoms with Gasteiger partial charge >= 0.3 is 0 Å². The Hall–Kier alpha value is -2.89. The minimum Gasteiger partial charge on any atom is -0.356 e. The summed E-state index contributed by atoms with van der Waals surface area (Å²) in [6.45, 7) is 8.27. The van der Waals surface area contributed by atoms with Crippen molar-refractivity contribution in [2.75, 3.05) is 26.2 Å². The van der Waals surface area contributed by atoms with E-state index in [4.69, 9.17) is 0 Å². The van der Waals surface area contributed by atoms with E-state index in [1.54, 1.807) is 9.80 Å². The van der Waals surface area contributed by atoms with Crippen molar-refractivity contribution in [3.05, 3.63) is 58.8 Å². The molecular formula is C31H45N3O3. The zero-order valence-electron chi connectivity index (χ0n) is 23.1. The molecule has 0 saturated carbocycles. The van der Waals surface area contributed by atoms with Gasteiger partial charge in [0.05, 0.1) is 5.92 Å². The molecule has 37 heavy (non-hydrogen) atoms. The molecule has 1 aliphatic heterocycles. The van der Waals surface area contributed by atoms with Gasteiger partial charge in [-0.25, -0.2) is 0 Å². The van der Waals surface area contributed by atoms with Crippen molar-refractivity contribution in [2.24, 2.45) is 5.92 Å². The molecule has 3 rings (SSSR count). The number of allylic oxidation sites excluding steroid dienone is 2. The normalized spacial score (nSPS) is 18.0. The highest BCUT2D eigenvalue weighted by molar-refractivity contribution is 5.98. The zero-order valence-corrected chi connectivity index (χ0v) is 23.1. The molecule has 0 spiro atoms. The molecule has 1 unspecified atom stereocenters. The second-order valence-electron chi connectivity index (χ2n) is 10.3. The zero-order chi connectivity index (χ0) is 26.6. The fourth-order valence-electron chi connectivity index (χ4n) is 5.42. The molecule has 1 N–H and O–H groups in total. The fourth-order valence-corrected chi connectivity index (χ4v) is 5.42. The predicted molar refractivity (Wildman–Crippen MR) is 149 cm³/mol. The maximum atomic E-state index is 13.5. The van der Waals surface area contributed by atoms with E-state index in [0.717, 1.165) is 44.2 Å². The van der Waals surface area contributed by atoms with Gasteiger partial charge in [-0.2, -0.15) is 0 Å². The van der Waals surface area contributed by atoms with Crippen LogP contribution >= 0.6 is 0 Å². The summed E-state index contributed by atoms with van der Waals surface area (Å²) in [5, 5.41) is 3.01. The molecule has 0 radical (unpaired) electrons. The number of aryl methyl sites for hydroxylation is 1. The molecule has 6 heteroatoms. The SMILES string of the molecule is CCN(CC)C(=O)C1=C(C)N(CCC2=CCCCC2)C(=O)C(CC(=O)NCCCCc2ccccc2)C1. The van der Waals surface area contributed by atoms with Crippen molar-refractivity contribution in [1.82, 2.24) is 15.1 Å². The van der Waals surface area contributed by atoms with Crippen molar-refractivity contribution >= 4 is 17.7 Å². The lowest BCUT2D eigenvalue weighted by molar-refractivity contribution is -0.138. The Kier molecular flexibility index (Phi) is 11.4. The van der Waals surface area contributed by atoms with Gasteiger partial charge in [0, 0.05) is 43.9 Å². The average Bonchev–Trinajstić information content (AvgIpc) is 2.91. The third-order valence-corrected chi connectivity index (χ3v) is 7.75. The van der Waals surface area contributed by atoms with Gasteiger partial charge in [0.15, 0.2) is 0 Å². The molecule has 1 aliphatic carbocycles. The quantitative estimate of drug-likeness (QED) is 0.287. The number of nitrogens with zero attached hydrogens (tertiary/aromatic N) is 2. The summed E-state index contributed by atoms with van der Waals surface area (Å²) < 4.78 is 0. The highest BCUT2D eigenvalue weighted by Crippen LogP contribution is 2.32. The maximum Gasteiger partial charge on any atom is 0.251 e. The van der Waals surface area contributed by atoms with Crippen molar-refractivity contribution in [3.8, 4) is 0 Å². The summed E-state index contributed by atoms with van der Waals surface area (Å²) in [5.41, 5.74) is 4.15.